The van der Waals surface area contributed by atoms with Crippen LogP contribution in [0, 0.1) is 6.92 Å². The normalized spacial score (nSPS) is 12.4. The van der Waals surface area contributed by atoms with E-state index in [1.165, 1.54) is 0 Å². The maximum absolute atomic E-state index is 6.18. The van der Waals surface area contributed by atoms with Crippen LogP contribution in [0.5, 0.6) is 0 Å². The van der Waals surface area contributed by atoms with Crippen molar-refractivity contribution in [1.82, 2.24) is 10.4 Å². The van der Waals surface area contributed by atoms with E-state index in [0.717, 1.165) is 16.7 Å². The Morgan fingerprint density at radius 3 is 2.65 bits per heavy atom. The maximum Gasteiger partial charge on any atom is 0.0741 e. The Labute approximate surface area is 106 Å². The van der Waals surface area contributed by atoms with Gasteiger partial charge in [0.25, 0.3) is 0 Å². The van der Waals surface area contributed by atoms with Gasteiger partial charge in [0.15, 0.2) is 0 Å². The van der Waals surface area contributed by atoms with Crippen molar-refractivity contribution in [1.29, 1.82) is 0 Å². The lowest BCUT2D eigenvalue weighted by molar-refractivity contribution is 0.631. The second-order valence-electron chi connectivity index (χ2n) is 3.85. The van der Waals surface area contributed by atoms with Crippen molar-refractivity contribution in [2.24, 2.45) is 5.84 Å². The third-order valence-corrected chi connectivity index (χ3v) is 3.12. The van der Waals surface area contributed by atoms with Crippen LogP contribution in [0.25, 0.3) is 0 Å². The van der Waals surface area contributed by atoms with Crippen molar-refractivity contribution < 1.29 is 0 Å². The van der Waals surface area contributed by atoms with Crippen LogP contribution in [0.15, 0.2) is 42.7 Å². The number of pyridine rings is 1. The van der Waals surface area contributed by atoms with Gasteiger partial charge in [-0.15, -0.1) is 0 Å². The highest BCUT2D eigenvalue weighted by Crippen LogP contribution is 2.28. The van der Waals surface area contributed by atoms with Gasteiger partial charge in [-0.1, -0.05) is 29.8 Å². The molecular weight excluding hydrogens is 234 g/mol. The van der Waals surface area contributed by atoms with E-state index in [4.69, 9.17) is 17.4 Å². The summed E-state index contributed by atoms with van der Waals surface area (Å²) < 4.78 is 0. The van der Waals surface area contributed by atoms with Crippen LogP contribution in [0.1, 0.15) is 22.7 Å². The molecule has 88 valence electrons. The molecule has 1 unspecified atom stereocenters. The molecule has 0 radical (unpaired) electrons. The van der Waals surface area contributed by atoms with E-state index in [0.29, 0.717) is 5.02 Å². The molecular formula is C13H14ClN3. The molecule has 3 N–H and O–H groups in total. The highest BCUT2D eigenvalue weighted by molar-refractivity contribution is 6.31. The maximum atomic E-state index is 6.18. The van der Waals surface area contributed by atoms with Crippen molar-refractivity contribution in [2.45, 2.75) is 13.0 Å². The van der Waals surface area contributed by atoms with Gasteiger partial charge >= 0.3 is 0 Å². The fourth-order valence-corrected chi connectivity index (χ4v) is 2.08. The van der Waals surface area contributed by atoms with Gasteiger partial charge in [0, 0.05) is 17.4 Å². The minimum absolute atomic E-state index is 0.141. The largest absolute Gasteiger partial charge is 0.271 e. The minimum atomic E-state index is -0.141. The van der Waals surface area contributed by atoms with E-state index in [2.05, 4.69) is 10.4 Å². The van der Waals surface area contributed by atoms with E-state index in [9.17, 15) is 0 Å². The van der Waals surface area contributed by atoms with E-state index in [-0.39, 0.29) is 6.04 Å². The Hall–Kier alpha value is -1.42. The quantitative estimate of drug-likeness (QED) is 0.648. The van der Waals surface area contributed by atoms with E-state index in [1.54, 1.807) is 6.20 Å². The number of hydrogen-bond donors (Lipinski definition) is 2. The predicted octanol–water partition coefficient (Wildman–Crippen LogP) is 2.60. The second kappa shape index (κ2) is 5.27. The van der Waals surface area contributed by atoms with Crippen LogP contribution in [0.3, 0.4) is 0 Å². The molecule has 1 aromatic carbocycles. The van der Waals surface area contributed by atoms with Crippen LogP contribution in [0.2, 0.25) is 5.02 Å². The highest BCUT2D eigenvalue weighted by Gasteiger charge is 2.16. The molecule has 0 fully saturated rings. The number of benzene rings is 1. The van der Waals surface area contributed by atoms with Crippen LogP contribution < -0.4 is 11.3 Å². The number of aryl methyl sites for hydroxylation is 1. The van der Waals surface area contributed by atoms with Crippen LogP contribution in [-0.2, 0) is 0 Å². The first-order chi connectivity index (χ1) is 8.24. The van der Waals surface area contributed by atoms with Gasteiger partial charge in [-0.25, -0.2) is 5.43 Å². The molecule has 4 heteroatoms. The molecule has 1 aromatic heterocycles. The number of halogens is 1. The van der Waals surface area contributed by atoms with Crippen molar-refractivity contribution >= 4 is 11.6 Å². The third-order valence-electron chi connectivity index (χ3n) is 2.77. The van der Waals surface area contributed by atoms with Gasteiger partial charge in [0.2, 0.25) is 0 Å². The smallest absolute Gasteiger partial charge is 0.0741 e. The standard InChI is InChI=1S/C13H14ClN3/c1-9-6-7-16-8-11(9)13(17-15)10-4-2-3-5-12(10)14/h2-8,13,17H,15H2,1H3. The SMILES string of the molecule is Cc1ccncc1C(NN)c1ccccc1Cl. The summed E-state index contributed by atoms with van der Waals surface area (Å²) in [4.78, 5) is 4.13. The average Bonchev–Trinajstić information content (AvgIpc) is 2.34. The Kier molecular flexibility index (Phi) is 3.74. The molecule has 0 amide bonds. The van der Waals surface area contributed by atoms with Crippen LogP contribution >= 0.6 is 11.6 Å². The van der Waals surface area contributed by atoms with Gasteiger partial charge < -0.3 is 0 Å². The Morgan fingerprint density at radius 2 is 2.00 bits per heavy atom. The molecule has 0 bridgehead atoms. The minimum Gasteiger partial charge on any atom is -0.271 e. The number of hydrazine groups is 1. The fourth-order valence-electron chi connectivity index (χ4n) is 1.83. The molecule has 2 aromatic rings. The lowest BCUT2D eigenvalue weighted by Gasteiger charge is -2.19. The summed E-state index contributed by atoms with van der Waals surface area (Å²) in [7, 11) is 0. The molecule has 17 heavy (non-hydrogen) atoms. The average molecular weight is 248 g/mol. The summed E-state index contributed by atoms with van der Waals surface area (Å²) in [6.45, 7) is 2.03. The van der Waals surface area contributed by atoms with E-state index in [1.807, 2.05) is 43.5 Å². The number of nitrogens with one attached hydrogen (secondary N) is 1. The van der Waals surface area contributed by atoms with Crippen LogP contribution in [0.4, 0.5) is 0 Å². The molecule has 0 saturated carbocycles. The van der Waals surface area contributed by atoms with Crippen LogP contribution in [-0.4, -0.2) is 4.98 Å². The zero-order valence-electron chi connectivity index (χ0n) is 9.52. The molecule has 0 aliphatic carbocycles. The summed E-state index contributed by atoms with van der Waals surface area (Å²) in [5, 5.41) is 0.693. The lowest BCUT2D eigenvalue weighted by atomic mass is 9.97. The van der Waals surface area contributed by atoms with Gasteiger partial charge in [0.1, 0.15) is 0 Å². The topological polar surface area (TPSA) is 50.9 Å². The highest BCUT2D eigenvalue weighted by atomic mass is 35.5. The Balaban J connectivity index is 2.48. The monoisotopic (exact) mass is 247 g/mol. The molecule has 0 saturated heterocycles. The first kappa shape index (κ1) is 12.0. The number of rotatable bonds is 3. The molecule has 0 spiro atoms. The molecule has 3 nitrogen and oxygen atoms in total. The van der Waals surface area contributed by atoms with Gasteiger partial charge in [-0.05, 0) is 35.7 Å². The first-order valence-electron chi connectivity index (χ1n) is 5.35. The molecule has 2 rings (SSSR count). The van der Waals surface area contributed by atoms with E-state index >= 15 is 0 Å². The number of nitrogens with zero attached hydrogens (tertiary/aromatic N) is 1. The van der Waals surface area contributed by atoms with Gasteiger partial charge in [-0.2, -0.15) is 0 Å². The van der Waals surface area contributed by atoms with Crippen molar-refractivity contribution in [3.63, 3.8) is 0 Å². The summed E-state index contributed by atoms with van der Waals surface area (Å²) in [6, 6.07) is 9.47. The summed E-state index contributed by atoms with van der Waals surface area (Å²) in [5.41, 5.74) is 5.90. The zero-order chi connectivity index (χ0) is 12.3. The predicted molar refractivity (Wildman–Crippen MR) is 69.6 cm³/mol. The van der Waals surface area contributed by atoms with E-state index < -0.39 is 0 Å². The number of aromatic nitrogens is 1. The summed E-state index contributed by atoms with van der Waals surface area (Å²) >= 11 is 6.18. The third kappa shape index (κ3) is 2.47. The fraction of sp³-hybridized carbons (Fsp3) is 0.154. The molecule has 1 heterocycles. The summed E-state index contributed by atoms with van der Waals surface area (Å²) in [6.07, 6.45) is 3.57. The van der Waals surface area contributed by atoms with Crippen molar-refractivity contribution in [2.75, 3.05) is 0 Å². The Morgan fingerprint density at radius 1 is 1.24 bits per heavy atom. The van der Waals surface area contributed by atoms with Gasteiger partial charge in [-0.3, -0.25) is 10.8 Å². The summed E-state index contributed by atoms with van der Waals surface area (Å²) in [5.74, 6) is 5.64. The first-order valence-corrected chi connectivity index (χ1v) is 5.73. The number of nitrogens with two attached hydrogens (primary N) is 1. The van der Waals surface area contributed by atoms with Crippen molar-refractivity contribution in [3.8, 4) is 0 Å². The zero-order valence-corrected chi connectivity index (χ0v) is 10.3. The molecule has 0 aliphatic heterocycles. The second-order valence-corrected chi connectivity index (χ2v) is 4.26. The van der Waals surface area contributed by atoms with Gasteiger partial charge in [0.05, 0.1) is 6.04 Å². The lowest BCUT2D eigenvalue weighted by Crippen LogP contribution is -2.29. The molecule has 1 atom stereocenters. The molecule has 0 aliphatic rings. The van der Waals surface area contributed by atoms with Crippen molar-refractivity contribution in [3.05, 3.63) is 64.4 Å². The number of hydrogen-bond acceptors (Lipinski definition) is 3. The Bertz CT molecular complexity index is 468.